The third kappa shape index (κ3) is 4.46. The Labute approximate surface area is 123 Å². The van der Waals surface area contributed by atoms with Gasteiger partial charge in [0.15, 0.2) is 5.13 Å². The highest BCUT2D eigenvalue weighted by atomic mass is 32.2. The zero-order valence-corrected chi connectivity index (χ0v) is 12.4. The van der Waals surface area contributed by atoms with E-state index >= 15 is 0 Å². The summed E-state index contributed by atoms with van der Waals surface area (Å²) >= 11 is 1.61. The molecule has 10 heteroatoms. The lowest BCUT2D eigenvalue weighted by Gasteiger charge is -2.10. The third-order valence-corrected chi connectivity index (χ3v) is 3.80. The maximum atomic E-state index is 11.6. The van der Waals surface area contributed by atoms with Gasteiger partial charge in [-0.3, -0.25) is 0 Å². The molecule has 0 aromatic carbocycles. The topological polar surface area (TPSA) is 118 Å². The van der Waals surface area contributed by atoms with Crippen molar-refractivity contribution < 1.29 is 19.4 Å². The number of nitrogens with zero attached hydrogens (tertiary/aromatic N) is 2. The van der Waals surface area contributed by atoms with E-state index in [2.05, 4.69) is 14.9 Å². The fourth-order valence-corrected chi connectivity index (χ4v) is 2.62. The molecule has 1 atom stereocenters. The molecule has 2 N–H and O–H groups in total. The molecular formula is C10H13N3O5S2. The lowest BCUT2D eigenvalue weighted by Crippen LogP contribution is -2.31. The summed E-state index contributed by atoms with van der Waals surface area (Å²) in [5, 5.41) is 11.9. The minimum Gasteiger partial charge on any atom is -0.480 e. The van der Waals surface area contributed by atoms with Crippen LogP contribution in [0.2, 0.25) is 0 Å². The molecule has 0 aliphatic rings. The molecule has 1 aromatic rings. The lowest BCUT2D eigenvalue weighted by molar-refractivity contribution is -0.137. The Morgan fingerprint density at radius 3 is 2.85 bits per heavy atom. The van der Waals surface area contributed by atoms with Gasteiger partial charge in [0.1, 0.15) is 10.9 Å². The zero-order chi connectivity index (χ0) is 15.1. The number of aryl methyl sites for hydroxylation is 1. The predicted octanol–water partition coefficient (Wildman–Crippen LogP) is 1.91. The number of nitroso groups, excluding NO2 is 1. The molecular weight excluding hydrogens is 306 g/mol. The average molecular weight is 319 g/mol. The van der Waals surface area contributed by atoms with Gasteiger partial charge in [-0.15, -0.1) is 4.91 Å². The van der Waals surface area contributed by atoms with Gasteiger partial charge in [0, 0.05) is 22.3 Å². The maximum Gasteiger partial charge on any atom is 0.350 e. The van der Waals surface area contributed by atoms with Crippen LogP contribution < -0.4 is 5.32 Å². The molecule has 110 valence electrons. The molecule has 0 aliphatic carbocycles. The number of carbonyl (C=O) groups excluding carboxylic acids is 1. The SMILES string of the molecule is CCOC(=O)c1sc(NC(CSN=O)C(=O)O)nc1C. The molecule has 1 aromatic heterocycles. The van der Waals surface area contributed by atoms with E-state index in [0.29, 0.717) is 22.5 Å². The summed E-state index contributed by atoms with van der Waals surface area (Å²) in [7, 11) is 0. The second kappa shape index (κ2) is 7.80. The van der Waals surface area contributed by atoms with Crippen LogP contribution in [0.3, 0.4) is 0 Å². The molecule has 0 radical (unpaired) electrons. The number of rotatable bonds is 8. The summed E-state index contributed by atoms with van der Waals surface area (Å²) in [4.78, 5) is 37.0. The maximum absolute atomic E-state index is 11.6. The number of carboxylic acids is 1. The number of esters is 1. The van der Waals surface area contributed by atoms with E-state index in [1.807, 2.05) is 0 Å². The third-order valence-electron chi connectivity index (χ3n) is 2.15. The van der Waals surface area contributed by atoms with Crippen LogP contribution >= 0.6 is 23.3 Å². The second-order valence-electron chi connectivity index (χ2n) is 3.56. The standard InChI is InChI=1S/C10H13N3O5S2/c1-3-18-9(16)7-5(2)11-10(20-7)12-6(8(14)15)4-19-13-17/h6H,3-4H2,1-2H3,(H,11,12)(H,14,15). The number of carboxylic acid groups (broad SMARTS) is 1. The van der Waals surface area contributed by atoms with Gasteiger partial charge in [0.25, 0.3) is 0 Å². The molecule has 0 fully saturated rings. The number of ether oxygens (including phenoxy) is 1. The molecule has 0 saturated carbocycles. The predicted molar refractivity (Wildman–Crippen MR) is 76.1 cm³/mol. The Kier molecular flexibility index (Phi) is 6.39. The number of hydrogen-bond acceptors (Lipinski definition) is 9. The van der Waals surface area contributed by atoms with Gasteiger partial charge in [0.2, 0.25) is 0 Å². The number of anilines is 1. The summed E-state index contributed by atoms with van der Waals surface area (Å²) < 4.78 is 7.41. The van der Waals surface area contributed by atoms with Crippen LogP contribution in [0.15, 0.2) is 4.58 Å². The molecule has 20 heavy (non-hydrogen) atoms. The number of carbonyl (C=O) groups is 2. The van der Waals surface area contributed by atoms with Gasteiger partial charge in [-0.25, -0.2) is 14.6 Å². The Balaban J connectivity index is 2.81. The Hall–Kier alpha value is -1.68. The van der Waals surface area contributed by atoms with E-state index in [-0.39, 0.29) is 17.5 Å². The first-order valence-electron chi connectivity index (χ1n) is 5.58. The smallest absolute Gasteiger partial charge is 0.350 e. The van der Waals surface area contributed by atoms with Crippen molar-refractivity contribution in [3.8, 4) is 0 Å². The minimum absolute atomic E-state index is 0.0355. The molecule has 1 rings (SSSR count). The summed E-state index contributed by atoms with van der Waals surface area (Å²) in [6.45, 7) is 3.57. The minimum atomic E-state index is -1.13. The van der Waals surface area contributed by atoms with Crippen LogP contribution in [0.1, 0.15) is 22.3 Å². The van der Waals surface area contributed by atoms with Crippen LogP contribution in [0.5, 0.6) is 0 Å². The van der Waals surface area contributed by atoms with Gasteiger partial charge < -0.3 is 15.2 Å². The fraction of sp³-hybridized carbons (Fsp3) is 0.500. The van der Waals surface area contributed by atoms with E-state index in [9.17, 15) is 14.5 Å². The number of aliphatic carboxylic acids is 1. The largest absolute Gasteiger partial charge is 0.480 e. The van der Waals surface area contributed by atoms with Gasteiger partial charge >= 0.3 is 11.9 Å². The van der Waals surface area contributed by atoms with Crippen molar-refractivity contribution >= 4 is 40.4 Å². The van der Waals surface area contributed by atoms with Crippen LogP contribution in [0.25, 0.3) is 0 Å². The van der Waals surface area contributed by atoms with Crippen molar-refractivity contribution in [2.75, 3.05) is 17.7 Å². The number of thiazole rings is 1. The van der Waals surface area contributed by atoms with Crippen molar-refractivity contribution in [1.29, 1.82) is 0 Å². The number of hydrogen-bond donors (Lipinski definition) is 2. The van der Waals surface area contributed by atoms with Crippen LogP contribution in [-0.2, 0) is 9.53 Å². The highest BCUT2D eigenvalue weighted by molar-refractivity contribution is 7.97. The molecule has 0 spiro atoms. The summed E-state index contributed by atoms with van der Waals surface area (Å²) in [5.41, 5.74) is 0.459. The van der Waals surface area contributed by atoms with Crippen LogP contribution in [0.4, 0.5) is 5.13 Å². The van der Waals surface area contributed by atoms with Crippen molar-refractivity contribution in [3.05, 3.63) is 15.5 Å². The van der Waals surface area contributed by atoms with E-state index in [1.165, 1.54) is 0 Å². The fourth-order valence-electron chi connectivity index (χ4n) is 1.27. The number of nitrogens with one attached hydrogen (secondary N) is 1. The van der Waals surface area contributed by atoms with E-state index in [0.717, 1.165) is 11.3 Å². The molecule has 1 heterocycles. The molecule has 0 aliphatic heterocycles. The highest BCUT2D eigenvalue weighted by Gasteiger charge is 2.22. The summed E-state index contributed by atoms with van der Waals surface area (Å²) in [6, 6.07) is -1.02. The lowest BCUT2D eigenvalue weighted by atomic mass is 10.3. The number of aromatic nitrogens is 1. The molecule has 0 saturated heterocycles. The zero-order valence-electron chi connectivity index (χ0n) is 10.8. The van der Waals surface area contributed by atoms with E-state index in [4.69, 9.17) is 9.84 Å². The highest BCUT2D eigenvalue weighted by Crippen LogP contribution is 2.24. The normalized spacial score (nSPS) is 11.7. The van der Waals surface area contributed by atoms with E-state index in [1.54, 1.807) is 13.8 Å². The first-order chi connectivity index (χ1) is 9.49. The first kappa shape index (κ1) is 16.4. The van der Waals surface area contributed by atoms with Gasteiger partial charge in [-0.1, -0.05) is 11.3 Å². The molecule has 0 bridgehead atoms. The average Bonchev–Trinajstić information content (AvgIpc) is 2.75. The van der Waals surface area contributed by atoms with Gasteiger partial charge in [-0.05, 0) is 13.8 Å². The Morgan fingerprint density at radius 2 is 2.30 bits per heavy atom. The van der Waals surface area contributed by atoms with Crippen LogP contribution in [-0.4, -0.2) is 40.4 Å². The van der Waals surface area contributed by atoms with Crippen molar-refractivity contribution in [2.45, 2.75) is 19.9 Å². The van der Waals surface area contributed by atoms with Crippen molar-refractivity contribution in [1.82, 2.24) is 4.98 Å². The van der Waals surface area contributed by atoms with Gasteiger partial charge in [-0.2, -0.15) is 0 Å². The summed E-state index contributed by atoms with van der Waals surface area (Å²) in [6.07, 6.45) is 0. The van der Waals surface area contributed by atoms with E-state index < -0.39 is 18.0 Å². The first-order valence-corrected chi connectivity index (χ1v) is 7.34. The summed E-state index contributed by atoms with van der Waals surface area (Å²) in [5.74, 6) is -1.66. The monoisotopic (exact) mass is 319 g/mol. The molecule has 0 amide bonds. The Bertz CT molecular complexity index is 505. The molecule has 8 nitrogen and oxygen atoms in total. The molecule has 1 unspecified atom stereocenters. The van der Waals surface area contributed by atoms with Gasteiger partial charge in [0.05, 0.1) is 12.3 Å². The van der Waals surface area contributed by atoms with Crippen molar-refractivity contribution in [2.24, 2.45) is 4.58 Å². The Morgan fingerprint density at radius 1 is 1.60 bits per heavy atom. The van der Waals surface area contributed by atoms with Crippen molar-refractivity contribution in [3.63, 3.8) is 0 Å². The quantitative estimate of drug-likeness (QED) is 0.424. The van der Waals surface area contributed by atoms with Crippen LogP contribution in [0, 0.1) is 11.8 Å². The second-order valence-corrected chi connectivity index (χ2v) is 5.30.